The van der Waals surface area contributed by atoms with Crippen LogP contribution >= 0.6 is 0 Å². The van der Waals surface area contributed by atoms with Gasteiger partial charge in [-0.05, 0) is 32.8 Å². The second kappa shape index (κ2) is 8.55. The minimum absolute atomic E-state index is 0.0367. The Bertz CT molecular complexity index is 917. The molecular formula is C21H25N3O5. The van der Waals surface area contributed by atoms with E-state index in [0.29, 0.717) is 42.3 Å². The summed E-state index contributed by atoms with van der Waals surface area (Å²) in [4.78, 5) is 33.1. The van der Waals surface area contributed by atoms with Crippen LogP contribution in [0.1, 0.15) is 45.6 Å². The SMILES string of the molecule is CCC1=C(C2=NCCO2)C(c2cccc([N+](=O)[O-])c2)C(C(=O)OC(C)C)C(C)=N1. The van der Waals surface area contributed by atoms with Gasteiger partial charge in [0.1, 0.15) is 12.5 Å². The third-order valence-electron chi connectivity index (χ3n) is 4.91. The van der Waals surface area contributed by atoms with Crippen LogP contribution in [0.4, 0.5) is 5.69 Å². The Kier molecular flexibility index (Phi) is 6.10. The lowest BCUT2D eigenvalue weighted by Crippen LogP contribution is -2.37. The molecule has 3 rings (SSSR count). The number of nitro benzene ring substituents is 1. The van der Waals surface area contributed by atoms with Crippen LogP contribution in [0, 0.1) is 16.0 Å². The van der Waals surface area contributed by atoms with Gasteiger partial charge in [-0.3, -0.25) is 19.9 Å². The average molecular weight is 399 g/mol. The van der Waals surface area contributed by atoms with Gasteiger partial charge in [-0.25, -0.2) is 4.99 Å². The Morgan fingerprint density at radius 3 is 2.76 bits per heavy atom. The summed E-state index contributed by atoms with van der Waals surface area (Å²) in [6.45, 7) is 8.32. The van der Waals surface area contributed by atoms with E-state index in [-0.39, 0.29) is 11.8 Å². The van der Waals surface area contributed by atoms with Crippen molar-refractivity contribution in [1.29, 1.82) is 0 Å². The number of carbonyl (C=O) groups excluding carboxylic acids is 1. The van der Waals surface area contributed by atoms with E-state index in [4.69, 9.17) is 9.47 Å². The number of nitrogens with zero attached hydrogens (tertiary/aromatic N) is 3. The minimum atomic E-state index is -0.711. The number of allylic oxidation sites excluding steroid dienone is 1. The predicted molar refractivity (Wildman–Crippen MR) is 109 cm³/mol. The molecule has 0 saturated carbocycles. The highest BCUT2D eigenvalue weighted by Crippen LogP contribution is 2.42. The molecule has 0 amide bonds. The van der Waals surface area contributed by atoms with Gasteiger partial charge in [0.25, 0.3) is 5.69 Å². The van der Waals surface area contributed by atoms with Crippen molar-refractivity contribution in [2.45, 2.75) is 46.1 Å². The monoisotopic (exact) mass is 399 g/mol. The van der Waals surface area contributed by atoms with E-state index in [0.717, 1.165) is 5.70 Å². The van der Waals surface area contributed by atoms with Gasteiger partial charge in [0.15, 0.2) is 0 Å². The maximum atomic E-state index is 13.0. The van der Waals surface area contributed by atoms with Crippen molar-refractivity contribution in [3.05, 3.63) is 51.2 Å². The molecular weight excluding hydrogens is 374 g/mol. The van der Waals surface area contributed by atoms with Crippen LogP contribution in [-0.2, 0) is 14.3 Å². The molecule has 0 spiro atoms. The van der Waals surface area contributed by atoms with Crippen LogP contribution in [0.5, 0.6) is 0 Å². The normalized spacial score (nSPS) is 21.6. The molecule has 0 fully saturated rings. The standard InChI is InChI=1S/C21H25N3O5/c1-5-16-19(20-22-9-10-28-20)18(14-7-6-8-15(11-14)24(26)27)17(13(4)23-16)21(25)29-12(2)3/h6-8,11-12,17-18H,5,9-10H2,1-4H3. The summed E-state index contributed by atoms with van der Waals surface area (Å²) in [5.74, 6) is -1.19. The first kappa shape index (κ1) is 20.7. The highest BCUT2D eigenvalue weighted by molar-refractivity contribution is 6.08. The Balaban J connectivity index is 2.20. The van der Waals surface area contributed by atoms with Gasteiger partial charge >= 0.3 is 5.97 Å². The molecule has 0 bridgehead atoms. The molecule has 2 aliphatic heterocycles. The minimum Gasteiger partial charge on any atom is -0.476 e. The molecule has 1 aromatic carbocycles. The molecule has 0 aliphatic carbocycles. The Labute approximate surface area is 169 Å². The van der Waals surface area contributed by atoms with Crippen molar-refractivity contribution < 1.29 is 19.2 Å². The van der Waals surface area contributed by atoms with Gasteiger partial charge < -0.3 is 9.47 Å². The van der Waals surface area contributed by atoms with Gasteiger partial charge in [-0.1, -0.05) is 19.1 Å². The number of ether oxygens (including phenoxy) is 2. The van der Waals surface area contributed by atoms with Crippen LogP contribution in [0.3, 0.4) is 0 Å². The molecule has 2 heterocycles. The average Bonchev–Trinajstić information content (AvgIpc) is 3.20. The first-order valence-corrected chi connectivity index (χ1v) is 9.74. The Morgan fingerprint density at radius 1 is 1.41 bits per heavy atom. The first-order valence-electron chi connectivity index (χ1n) is 9.74. The molecule has 29 heavy (non-hydrogen) atoms. The molecule has 8 nitrogen and oxygen atoms in total. The van der Waals surface area contributed by atoms with E-state index in [9.17, 15) is 14.9 Å². The van der Waals surface area contributed by atoms with Gasteiger partial charge in [0.05, 0.1) is 17.6 Å². The number of carbonyl (C=O) groups is 1. The second-order valence-electron chi connectivity index (χ2n) is 7.30. The van der Waals surface area contributed by atoms with Crippen molar-refractivity contribution in [3.63, 3.8) is 0 Å². The predicted octanol–water partition coefficient (Wildman–Crippen LogP) is 3.81. The molecule has 0 saturated heterocycles. The number of nitro groups is 1. The fraction of sp³-hybridized carbons (Fsp3) is 0.476. The van der Waals surface area contributed by atoms with E-state index in [2.05, 4.69) is 9.98 Å². The zero-order valence-electron chi connectivity index (χ0n) is 17.0. The third kappa shape index (κ3) is 4.21. The lowest BCUT2D eigenvalue weighted by Gasteiger charge is -2.33. The van der Waals surface area contributed by atoms with Gasteiger partial charge in [0, 0.05) is 35.0 Å². The number of rotatable bonds is 6. The molecule has 2 aliphatic rings. The van der Waals surface area contributed by atoms with Crippen molar-refractivity contribution in [2.24, 2.45) is 15.9 Å². The van der Waals surface area contributed by atoms with Crippen LogP contribution in [0.2, 0.25) is 0 Å². The highest BCUT2D eigenvalue weighted by atomic mass is 16.6. The summed E-state index contributed by atoms with van der Waals surface area (Å²) in [5, 5.41) is 11.3. The number of hydrogen-bond acceptors (Lipinski definition) is 7. The molecule has 0 aromatic heterocycles. The van der Waals surface area contributed by atoms with Gasteiger partial charge in [-0.15, -0.1) is 0 Å². The maximum absolute atomic E-state index is 13.0. The number of esters is 1. The molecule has 2 atom stereocenters. The first-order chi connectivity index (χ1) is 13.8. The summed E-state index contributed by atoms with van der Waals surface area (Å²) in [7, 11) is 0. The molecule has 0 N–H and O–H groups in total. The van der Waals surface area contributed by atoms with E-state index in [1.807, 2.05) is 6.92 Å². The smallest absolute Gasteiger partial charge is 0.315 e. The largest absolute Gasteiger partial charge is 0.476 e. The lowest BCUT2D eigenvalue weighted by molar-refractivity contribution is -0.384. The van der Waals surface area contributed by atoms with Crippen LogP contribution in [0.25, 0.3) is 0 Å². The van der Waals surface area contributed by atoms with Crippen molar-refractivity contribution >= 4 is 23.3 Å². The van der Waals surface area contributed by atoms with E-state index >= 15 is 0 Å². The van der Waals surface area contributed by atoms with Crippen molar-refractivity contribution in [3.8, 4) is 0 Å². The summed E-state index contributed by atoms with van der Waals surface area (Å²) in [6, 6.07) is 6.35. The zero-order chi connectivity index (χ0) is 21.1. The topological polar surface area (TPSA) is 103 Å². The third-order valence-corrected chi connectivity index (χ3v) is 4.91. The molecule has 0 radical (unpaired) electrons. The van der Waals surface area contributed by atoms with E-state index < -0.39 is 22.7 Å². The maximum Gasteiger partial charge on any atom is 0.315 e. The van der Waals surface area contributed by atoms with Gasteiger partial charge in [0.2, 0.25) is 5.90 Å². The molecule has 8 heteroatoms. The van der Waals surface area contributed by atoms with Crippen LogP contribution < -0.4 is 0 Å². The highest BCUT2D eigenvalue weighted by Gasteiger charge is 2.43. The van der Waals surface area contributed by atoms with Crippen molar-refractivity contribution in [2.75, 3.05) is 13.2 Å². The second-order valence-corrected chi connectivity index (χ2v) is 7.30. The van der Waals surface area contributed by atoms with Crippen LogP contribution in [0.15, 0.2) is 45.5 Å². The Hall–Kier alpha value is -3.03. The summed E-state index contributed by atoms with van der Waals surface area (Å²) >= 11 is 0. The Morgan fingerprint density at radius 2 is 2.17 bits per heavy atom. The number of aliphatic imine (C=N–C) groups is 2. The van der Waals surface area contributed by atoms with E-state index in [1.165, 1.54) is 12.1 Å². The quantitative estimate of drug-likeness (QED) is 0.411. The fourth-order valence-corrected chi connectivity index (χ4v) is 3.76. The number of benzene rings is 1. The molecule has 154 valence electrons. The summed E-state index contributed by atoms with van der Waals surface area (Å²) in [6.07, 6.45) is 0.327. The summed E-state index contributed by atoms with van der Waals surface area (Å²) in [5.41, 5.74) is 2.70. The number of hydrogen-bond donors (Lipinski definition) is 0. The van der Waals surface area contributed by atoms with E-state index in [1.54, 1.807) is 32.9 Å². The van der Waals surface area contributed by atoms with Crippen LogP contribution in [-0.4, -0.2) is 41.8 Å². The zero-order valence-corrected chi connectivity index (χ0v) is 17.0. The molecule has 2 unspecified atom stereocenters. The molecule has 1 aromatic rings. The summed E-state index contributed by atoms with van der Waals surface area (Å²) < 4.78 is 11.2. The number of non-ortho nitro benzene ring substituents is 1. The van der Waals surface area contributed by atoms with Crippen molar-refractivity contribution in [1.82, 2.24) is 0 Å². The lowest BCUT2D eigenvalue weighted by atomic mass is 9.75. The fourth-order valence-electron chi connectivity index (χ4n) is 3.76. The van der Waals surface area contributed by atoms with Gasteiger partial charge in [-0.2, -0.15) is 0 Å².